The summed E-state index contributed by atoms with van der Waals surface area (Å²) >= 11 is 5.33. The second-order valence-electron chi connectivity index (χ2n) is 9.95. The van der Waals surface area contributed by atoms with Crippen molar-refractivity contribution in [1.29, 1.82) is 5.26 Å². The van der Waals surface area contributed by atoms with Crippen molar-refractivity contribution in [1.82, 2.24) is 30.1 Å². The zero-order valence-corrected chi connectivity index (χ0v) is 29.5. The van der Waals surface area contributed by atoms with Gasteiger partial charge in [-0.2, -0.15) is 13.2 Å². The predicted octanol–water partition coefficient (Wildman–Crippen LogP) is 6.47. The summed E-state index contributed by atoms with van der Waals surface area (Å²) in [6.07, 6.45) is -0.310. The van der Waals surface area contributed by atoms with Gasteiger partial charge >= 0.3 is 43.6 Å². The summed E-state index contributed by atoms with van der Waals surface area (Å²) < 4.78 is 37.4. The molecular weight excluding hydrogens is 813 g/mol. The van der Waals surface area contributed by atoms with E-state index in [-0.39, 0.29) is 64.6 Å². The molecule has 0 atom stereocenters. The molecule has 0 saturated carbocycles. The van der Waals surface area contributed by atoms with E-state index in [1.807, 2.05) is 25.1 Å². The zero-order chi connectivity index (χ0) is 37.3. The SMILES string of the molecule is Cc1ccc(-c2ccc(-c3cc(C(F)(F)F)n[n-]3)nc2)s1.N#C[S-].O=C(O)c1ccnc(-c2cc(C(=O)O)cc(-c3cc(C(=O)O)ccn3)n2)c1.[Ru+2]. The molecule has 6 heterocycles. The molecule has 264 valence electrons. The average Bonchev–Trinajstić information content (AvgIpc) is 3.79. The summed E-state index contributed by atoms with van der Waals surface area (Å²) in [5.41, 5.74) is 0.787. The van der Waals surface area contributed by atoms with Crippen molar-refractivity contribution in [2.45, 2.75) is 13.1 Å². The van der Waals surface area contributed by atoms with Crippen LogP contribution in [0.5, 0.6) is 0 Å². The van der Waals surface area contributed by atoms with Gasteiger partial charge in [-0.25, -0.2) is 24.6 Å². The Kier molecular flexibility index (Phi) is 13.9. The second kappa shape index (κ2) is 17.8. The molecule has 13 nitrogen and oxygen atoms in total. The molecule has 6 aromatic rings. The molecule has 19 heteroatoms. The molecule has 0 amide bonds. The molecule has 0 bridgehead atoms. The number of halogens is 3. The van der Waals surface area contributed by atoms with Crippen LogP contribution in [-0.4, -0.2) is 58.3 Å². The predicted molar refractivity (Wildman–Crippen MR) is 178 cm³/mol. The smallest absolute Gasteiger partial charge is 0.696 e. The molecule has 6 aromatic heterocycles. The minimum Gasteiger partial charge on any atom is -0.696 e. The fourth-order valence-electron chi connectivity index (χ4n) is 4.16. The van der Waals surface area contributed by atoms with E-state index in [2.05, 4.69) is 42.8 Å². The van der Waals surface area contributed by atoms with Crippen LogP contribution in [0.3, 0.4) is 0 Å². The topological polar surface area (TPSA) is 214 Å². The number of aryl methyl sites for hydroxylation is 1. The van der Waals surface area contributed by atoms with Crippen molar-refractivity contribution in [3.63, 3.8) is 0 Å². The van der Waals surface area contributed by atoms with Crippen LogP contribution in [0.4, 0.5) is 13.2 Å². The van der Waals surface area contributed by atoms with Gasteiger partial charge in [-0.3, -0.25) is 15.0 Å². The fraction of sp³-hybridized carbons (Fsp3) is 0.0606. The number of carboxylic acids is 3. The number of thiocyanates is 1. The van der Waals surface area contributed by atoms with Gasteiger partial charge in [0.2, 0.25) is 0 Å². The molecular formula is C33H20F3N7O6RuS2. The summed E-state index contributed by atoms with van der Waals surface area (Å²) in [6.45, 7) is 2.01. The Morgan fingerprint density at radius 3 is 1.69 bits per heavy atom. The summed E-state index contributed by atoms with van der Waals surface area (Å²) in [4.78, 5) is 52.5. The van der Waals surface area contributed by atoms with E-state index in [1.165, 1.54) is 59.1 Å². The third-order valence-corrected chi connectivity index (χ3v) is 7.54. The van der Waals surface area contributed by atoms with Crippen LogP contribution in [0.15, 0.2) is 85.3 Å². The molecule has 0 aliphatic carbocycles. The molecule has 3 N–H and O–H groups in total. The number of nitriles is 1. The van der Waals surface area contributed by atoms with Gasteiger partial charge < -0.3 is 38.1 Å². The van der Waals surface area contributed by atoms with Crippen LogP contribution >= 0.6 is 11.3 Å². The van der Waals surface area contributed by atoms with Gasteiger partial charge in [-0.1, -0.05) is 11.1 Å². The first-order valence-corrected chi connectivity index (χ1v) is 15.2. The van der Waals surface area contributed by atoms with Crippen LogP contribution in [-0.2, 0) is 38.3 Å². The minimum absolute atomic E-state index is 0. The number of alkyl halides is 3. The third-order valence-electron chi connectivity index (χ3n) is 6.49. The van der Waals surface area contributed by atoms with Crippen LogP contribution in [0, 0.1) is 17.6 Å². The van der Waals surface area contributed by atoms with Gasteiger partial charge in [0, 0.05) is 39.6 Å². The number of hydrogen-bond donors (Lipinski definition) is 3. The molecule has 0 aromatic carbocycles. The maximum Gasteiger partial charge on any atom is 2.00 e. The number of aromatic carboxylic acids is 3. The van der Waals surface area contributed by atoms with Crippen molar-refractivity contribution in [2.24, 2.45) is 0 Å². The first-order valence-electron chi connectivity index (χ1n) is 14.0. The number of hydrogen-bond acceptors (Lipinski definition) is 11. The minimum atomic E-state index is -4.49. The Morgan fingerprint density at radius 2 is 1.29 bits per heavy atom. The largest absolute Gasteiger partial charge is 2.00 e. The number of carbonyl (C=O) groups is 3. The molecule has 0 aliphatic rings. The summed E-state index contributed by atoms with van der Waals surface area (Å²) in [5, 5.41) is 42.7. The van der Waals surface area contributed by atoms with Crippen molar-refractivity contribution in [3.8, 4) is 50.0 Å². The van der Waals surface area contributed by atoms with Crippen molar-refractivity contribution in [2.75, 3.05) is 0 Å². The standard InChI is InChI=1S/C18H11N3O6.C14H9F3N3S.CHNS.Ru/c22-16(23)9-1-3-19-12(5-9)14-7-11(18(26)27)8-15(21-14)13-6-10(17(24)25)2-4-20-13;1-8-2-5-12(21-8)9-3-4-10(18-7-9)11-6-13(20-19-11)14(15,16)17;2-1-3;/h1-8H,(H,22,23)(H,24,25)(H,26,27);2-7H,1H3;3H;/q;-1;;+2/p-1. The number of pyridine rings is 4. The Balaban J connectivity index is 0.000000262. The maximum atomic E-state index is 12.5. The van der Waals surface area contributed by atoms with E-state index in [1.54, 1.807) is 23.6 Å². The van der Waals surface area contributed by atoms with Crippen LogP contribution in [0.1, 0.15) is 41.6 Å². The summed E-state index contributed by atoms with van der Waals surface area (Å²) in [5.74, 6) is -3.56. The Morgan fingerprint density at radius 1 is 0.769 bits per heavy atom. The normalized spacial score (nSPS) is 10.3. The number of thiophene rings is 1. The number of rotatable bonds is 7. The van der Waals surface area contributed by atoms with Crippen LogP contribution in [0.2, 0.25) is 0 Å². The Labute approximate surface area is 314 Å². The van der Waals surface area contributed by atoms with Gasteiger partial charge in [0.25, 0.3) is 0 Å². The molecule has 0 unspecified atom stereocenters. The molecule has 0 fully saturated rings. The van der Waals surface area contributed by atoms with Gasteiger partial charge in [-0.15, -0.1) is 11.3 Å². The maximum absolute atomic E-state index is 12.5. The number of aromatic nitrogens is 6. The number of carboxylic acid groups (broad SMARTS) is 3. The van der Waals surface area contributed by atoms with Gasteiger partial charge in [0.1, 0.15) is 5.69 Å². The van der Waals surface area contributed by atoms with E-state index in [0.717, 1.165) is 16.5 Å². The summed E-state index contributed by atoms with van der Waals surface area (Å²) in [6, 6.07) is 16.0. The third kappa shape index (κ3) is 10.5. The van der Waals surface area contributed by atoms with Crippen LogP contribution in [0.25, 0.3) is 44.6 Å². The number of nitrogens with zero attached hydrogens (tertiary/aromatic N) is 7. The fourth-order valence-corrected chi connectivity index (χ4v) is 5.02. The Hall–Kier alpha value is -5.96. The van der Waals surface area contributed by atoms with Gasteiger partial charge in [-0.05, 0) is 73.7 Å². The summed E-state index contributed by atoms with van der Waals surface area (Å²) in [7, 11) is 0. The Bertz CT molecular complexity index is 2180. The molecule has 6 rings (SSSR count). The quantitative estimate of drug-likeness (QED) is 0.0894. The molecule has 0 aliphatic heterocycles. The second-order valence-corrected chi connectivity index (χ2v) is 11.4. The molecule has 0 radical (unpaired) electrons. The van der Waals surface area contributed by atoms with E-state index in [9.17, 15) is 32.7 Å². The van der Waals surface area contributed by atoms with E-state index in [4.69, 9.17) is 15.5 Å². The molecule has 52 heavy (non-hydrogen) atoms. The zero-order valence-electron chi connectivity index (χ0n) is 26.1. The van der Waals surface area contributed by atoms with Gasteiger partial charge in [0.15, 0.2) is 0 Å². The van der Waals surface area contributed by atoms with Crippen LogP contribution < -0.4 is 5.10 Å². The van der Waals surface area contributed by atoms with Gasteiger partial charge in [0.05, 0.1) is 39.5 Å². The van der Waals surface area contributed by atoms with Crippen molar-refractivity contribution >= 4 is 41.9 Å². The molecule has 0 saturated heterocycles. The van der Waals surface area contributed by atoms with E-state index in [0.29, 0.717) is 5.69 Å². The van der Waals surface area contributed by atoms with Crippen molar-refractivity contribution in [3.05, 3.63) is 113 Å². The first-order chi connectivity index (χ1) is 24.2. The monoisotopic (exact) mass is 833 g/mol. The van der Waals surface area contributed by atoms with E-state index >= 15 is 0 Å². The average molecular weight is 833 g/mol. The van der Waals surface area contributed by atoms with Crippen molar-refractivity contribution < 1.29 is 62.4 Å². The van der Waals surface area contributed by atoms with E-state index < -0.39 is 29.8 Å². The molecule has 0 spiro atoms. The first kappa shape index (κ1) is 40.5.